The van der Waals surface area contributed by atoms with Crippen molar-refractivity contribution in [3.8, 4) is 0 Å². The van der Waals surface area contributed by atoms with Crippen LogP contribution < -0.4 is 0 Å². The summed E-state index contributed by atoms with van der Waals surface area (Å²) in [5, 5.41) is 0. The van der Waals surface area contributed by atoms with Crippen molar-refractivity contribution < 1.29 is 0 Å². The minimum Gasteiger partial charge on any atom is -0.0985 e. The van der Waals surface area contributed by atoms with Gasteiger partial charge in [-0.3, -0.25) is 0 Å². The van der Waals surface area contributed by atoms with Gasteiger partial charge in [0.25, 0.3) is 0 Å². The van der Waals surface area contributed by atoms with Crippen LogP contribution in [0.5, 0.6) is 0 Å². The number of unbranched alkanes of at least 4 members (excludes halogenated alkanes) is 1. The molecule has 0 aromatic heterocycles. The second-order valence-electron chi connectivity index (χ2n) is 4.96. The van der Waals surface area contributed by atoms with Crippen LogP contribution in [-0.2, 0) is 5.41 Å². The first-order chi connectivity index (χ1) is 7.49. The Morgan fingerprint density at radius 2 is 2.00 bits per heavy atom. The van der Waals surface area contributed by atoms with Crippen molar-refractivity contribution in [1.29, 1.82) is 0 Å². The van der Waals surface area contributed by atoms with Crippen LogP contribution in [0.3, 0.4) is 0 Å². The average molecular weight is 281 g/mol. The van der Waals surface area contributed by atoms with E-state index in [4.69, 9.17) is 0 Å². The fourth-order valence-electron chi connectivity index (χ4n) is 1.88. The molecule has 0 atom stereocenters. The van der Waals surface area contributed by atoms with Gasteiger partial charge in [0.2, 0.25) is 0 Å². The lowest BCUT2D eigenvalue weighted by Crippen LogP contribution is -2.17. The molecule has 16 heavy (non-hydrogen) atoms. The molecule has 0 nitrogen and oxygen atoms in total. The van der Waals surface area contributed by atoms with E-state index in [1.165, 1.54) is 30.4 Å². The summed E-state index contributed by atoms with van der Waals surface area (Å²) in [5.41, 5.74) is 2.83. The maximum Gasteiger partial charge on any atom is 0.0184 e. The molecular formula is C15H21Br. The second kappa shape index (κ2) is 5.67. The van der Waals surface area contributed by atoms with E-state index >= 15 is 0 Å². The van der Waals surface area contributed by atoms with E-state index in [-0.39, 0.29) is 5.41 Å². The lowest BCUT2D eigenvalue weighted by Gasteiger charge is -2.26. The average Bonchev–Trinajstić information content (AvgIpc) is 2.25. The topological polar surface area (TPSA) is 0 Å². The van der Waals surface area contributed by atoms with Gasteiger partial charge in [0.15, 0.2) is 0 Å². The Kier molecular flexibility index (Phi) is 4.79. The van der Waals surface area contributed by atoms with Gasteiger partial charge in [0.1, 0.15) is 0 Å². The summed E-state index contributed by atoms with van der Waals surface area (Å²) in [6.07, 6.45) is 5.68. The highest BCUT2D eigenvalue weighted by Crippen LogP contribution is 2.31. The predicted octanol–water partition coefficient (Wildman–Crippen LogP) is 5.56. The molecule has 0 bridgehead atoms. The van der Waals surface area contributed by atoms with Gasteiger partial charge in [-0.25, -0.2) is 0 Å². The van der Waals surface area contributed by atoms with Crippen LogP contribution in [0, 0.1) is 0 Å². The van der Waals surface area contributed by atoms with Crippen molar-refractivity contribution in [3.63, 3.8) is 0 Å². The molecule has 0 saturated carbocycles. The van der Waals surface area contributed by atoms with Crippen molar-refractivity contribution in [3.05, 3.63) is 40.4 Å². The van der Waals surface area contributed by atoms with Crippen LogP contribution in [0.1, 0.15) is 51.2 Å². The van der Waals surface area contributed by atoms with E-state index in [1.54, 1.807) is 0 Å². The quantitative estimate of drug-likeness (QED) is 0.662. The second-order valence-corrected chi connectivity index (χ2v) is 5.88. The fraction of sp³-hybridized carbons (Fsp3) is 0.467. The molecular weight excluding hydrogens is 260 g/mol. The lowest BCUT2D eigenvalue weighted by molar-refractivity contribution is 0.457. The maximum atomic E-state index is 3.84. The minimum absolute atomic E-state index is 0.248. The summed E-state index contributed by atoms with van der Waals surface area (Å²) in [4.78, 5) is 0. The first-order valence-corrected chi connectivity index (χ1v) is 6.72. The summed E-state index contributed by atoms with van der Waals surface area (Å²) in [5.74, 6) is 0. The van der Waals surface area contributed by atoms with Crippen molar-refractivity contribution in [2.45, 2.75) is 45.4 Å². The monoisotopic (exact) mass is 280 g/mol. The number of hydrogen-bond donors (Lipinski definition) is 0. The van der Waals surface area contributed by atoms with Gasteiger partial charge in [-0.15, -0.1) is 0 Å². The Hall–Kier alpha value is -0.560. The molecule has 0 amide bonds. The zero-order chi connectivity index (χ0) is 12.2. The van der Waals surface area contributed by atoms with Crippen molar-refractivity contribution in [1.82, 2.24) is 0 Å². The minimum atomic E-state index is 0.248. The molecule has 1 heteroatoms. The van der Waals surface area contributed by atoms with E-state index < -0.39 is 0 Å². The van der Waals surface area contributed by atoms with Gasteiger partial charge in [0, 0.05) is 4.47 Å². The van der Waals surface area contributed by atoms with E-state index in [0.717, 1.165) is 4.47 Å². The molecule has 0 aliphatic heterocycles. The van der Waals surface area contributed by atoms with Crippen LogP contribution in [0.15, 0.2) is 29.3 Å². The molecule has 1 aromatic carbocycles. The normalized spacial score (nSPS) is 11.5. The van der Waals surface area contributed by atoms with Crippen LogP contribution in [0.2, 0.25) is 0 Å². The van der Waals surface area contributed by atoms with Crippen molar-refractivity contribution in [2.24, 2.45) is 0 Å². The lowest BCUT2D eigenvalue weighted by atomic mass is 9.80. The molecule has 88 valence electrons. The van der Waals surface area contributed by atoms with Gasteiger partial charge >= 0.3 is 0 Å². The number of benzene rings is 1. The number of halogens is 1. The third-order valence-corrected chi connectivity index (χ3v) is 3.55. The molecule has 0 heterocycles. The standard InChI is InChI=1S/C15H21Br/c1-5-7-8-15(3,4)13-9-12(6-2)10-14(16)11-13/h6,9-11H,2,5,7-8H2,1,3-4H3. The Morgan fingerprint density at radius 3 is 2.56 bits per heavy atom. The first kappa shape index (κ1) is 13.5. The summed E-state index contributed by atoms with van der Waals surface area (Å²) in [6.45, 7) is 10.7. The van der Waals surface area contributed by atoms with Crippen LogP contribution in [-0.4, -0.2) is 0 Å². The van der Waals surface area contributed by atoms with Gasteiger partial charge in [-0.05, 0) is 35.1 Å². The summed E-state index contributed by atoms with van der Waals surface area (Å²) in [6, 6.07) is 6.57. The Balaban J connectivity index is 3.01. The highest BCUT2D eigenvalue weighted by Gasteiger charge is 2.20. The summed E-state index contributed by atoms with van der Waals surface area (Å²) >= 11 is 3.57. The van der Waals surface area contributed by atoms with Gasteiger partial charge < -0.3 is 0 Å². The Bertz CT molecular complexity index is 364. The van der Waals surface area contributed by atoms with E-state index in [9.17, 15) is 0 Å². The van der Waals surface area contributed by atoms with Crippen LogP contribution in [0.4, 0.5) is 0 Å². The third kappa shape index (κ3) is 3.48. The SMILES string of the molecule is C=Cc1cc(Br)cc(C(C)(C)CCCC)c1. The first-order valence-electron chi connectivity index (χ1n) is 5.93. The maximum absolute atomic E-state index is 3.84. The molecule has 0 N–H and O–H groups in total. The molecule has 1 aromatic rings. The zero-order valence-corrected chi connectivity index (χ0v) is 12.1. The molecule has 0 spiro atoms. The number of rotatable bonds is 5. The molecule has 1 rings (SSSR count). The van der Waals surface area contributed by atoms with Crippen LogP contribution >= 0.6 is 15.9 Å². The van der Waals surface area contributed by atoms with Crippen molar-refractivity contribution >= 4 is 22.0 Å². The predicted molar refractivity (Wildman–Crippen MR) is 76.8 cm³/mol. The zero-order valence-electron chi connectivity index (χ0n) is 10.5. The molecule has 0 aliphatic rings. The molecule has 0 fully saturated rings. The largest absolute Gasteiger partial charge is 0.0985 e. The Morgan fingerprint density at radius 1 is 1.31 bits per heavy atom. The Labute approximate surface area is 108 Å². The summed E-state index contributed by atoms with van der Waals surface area (Å²) < 4.78 is 1.14. The molecule has 0 saturated heterocycles. The van der Waals surface area contributed by atoms with E-state index in [1.807, 2.05) is 6.08 Å². The van der Waals surface area contributed by atoms with Gasteiger partial charge in [-0.2, -0.15) is 0 Å². The van der Waals surface area contributed by atoms with Gasteiger partial charge in [0.05, 0.1) is 0 Å². The highest BCUT2D eigenvalue weighted by atomic mass is 79.9. The third-order valence-electron chi connectivity index (χ3n) is 3.09. The fourth-order valence-corrected chi connectivity index (χ4v) is 2.39. The smallest absolute Gasteiger partial charge is 0.0184 e. The molecule has 0 unspecified atom stereocenters. The highest BCUT2D eigenvalue weighted by molar-refractivity contribution is 9.10. The van der Waals surface area contributed by atoms with Crippen molar-refractivity contribution in [2.75, 3.05) is 0 Å². The molecule has 0 radical (unpaired) electrons. The van der Waals surface area contributed by atoms with E-state index in [2.05, 4.69) is 61.5 Å². The molecule has 0 aliphatic carbocycles. The van der Waals surface area contributed by atoms with Crippen LogP contribution in [0.25, 0.3) is 6.08 Å². The van der Waals surface area contributed by atoms with Gasteiger partial charge in [-0.1, -0.05) is 68.3 Å². The number of hydrogen-bond acceptors (Lipinski definition) is 0. The van der Waals surface area contributed by atoms with E-state index in [0.29, 0.717) is 0 Å². The summed E-state index contributed by atoms with van der Waals surface area (Å²) in [7, 11) is 0.